The fourth-order valence-electron chi connectivity index (χ4n) is 2.96. The number of ether oxygens (including phenoxy) is 2. The van der Waals surface area contributed by atoms with Crippen LogP contribution in [-0.2, 0) is 14.3 Å². The number of hydrogen-bond donors (Lipinski definition) is 1. The van der Waals surface area contributed by atoms with Gasteiger partial charge in [0.05, 0.1) is 19.3 Å². The minimum Gasteiger partial charge on any atom is -0.396 e. The molecular formula is C15H27NO4. The first-order chi connectivity index (χ1) is 9.65. The Kier molecular flexibility index (Phi) is 5.81. The Labute approximate surface area is 121 Å². The van der Waals surface area contributed by atoms with Crippen molar-refractivity contribution < 1.29 is 19.4 Å². The number of aliphatic hydroxyl groups is 1. The minimum absolute atomic E-state index is 0.0134. The van der Waals surface area contributed by atoms with E-state index in [9.17, 15) is 9.90 Å². The molecule has 0 aromatic rings. The van der Waals surface area contributed by atoms with Gasteiger partial charge >= 0.3 is 0 Å². The van der Waals surface area contributed by atoms with E-state index in [1.54, 1.807) is 11.9 Å². The van der Waals surface area contributed by atoms with Gasteiger partial charge in [-0.3, -0.25) is 4.79 Å². The lowest BCUT2D eigenvalue weighted by Gasteiger charge is -2.42. The van der Waals surface area contributed by atoms with Crippen LogP contribution in [0.3, 0.4) is 0 Å². The molecule has 0 spiro atoms. The SMILES string of the molecule is CN(CC1(CO)CCC1)C(=O)COC[C@H]1CCCCO1. The molecule has 2 aliphatic rings. The van der Waals surface area contributed by atoms with Gasteiger partial charge in [-0.05, 0) is 32.1 Å². The molecule has 0 aromatic heterocycles. The Morgan fingerprint density at radius 1 is 1.40 bits per heavy atom. The van der Waals surface area contributed by atoms with E-state index in [1.165, 1.54) is 6.42 Å². The van der Waals surface area contributed by atoms with Crippen LogP contribution in [0.15, 0.2) is 0 Å². The summed E-state index contributed by atoms with van der Waals surface area (Å²) in [4.78, 5) is 13.7. The molecule has 1 heterocycles. The molecule has 1 saturated carbocycles. The summed E-state index contributed by atoms with van der Waals surface area (Å²) in [5, 5.41) is 9.43. The van der Waals surface area contributed by atoms with Crippen LogP contribution in [0.1, 0.15) is 38.5 Å². The highest BCUT2D eigenvalue weighted by molar-refractivity contribution is 5.77. The normalized spacial score (nSPS) is 25.0. The summed E-state index contributed by atoms with van der Waals surface area (Å²) in [6.45, 7) is 2.22. The molecule has 1 aliphatic heterocycles. The van der Waals surface area contributed by atoms with E-state index in [0.717, 1.165) is 38.7 Å². The first-order valence-corrected chi connectivity index (χ1v) is 7.69. The number of nitrogens with zero attached hydrogens (tertiary/aromatic N) is 1. The van der Waals surface area contributed by atoms with Crippen LogP contribution in [0.25, 0.3) is 0 Å². The molecule has 1 amide bonds. The highest BCUT2D eigenvalue weighted by Crippen LogP contribution is 2.40. The third-order valence-electron chi connectivity index (χ3n) is 4.55. The van der Waals surface area contributed by atoms with Gasteiger partial charge in [-0.25, -0.2) is 0 Å². The van der Waals surface area contributed by atoms with Crippen LogP contribution in [0.2, 0.25) is 0 Å². The monoisotopic (exact) mass is 285 g/mol. The van der Waals surface area contributed by atoms with E-state index in [2.05, 4.69) is 0 Å². The van der Waals surface area contributed by atoms with E-state index in [1.807, 2.05) is 0 Å². The van der Waals surface area contributed by atoms with Crippen molar-refractivity contribution in [2.45, 2.75) is 44.6 Å². The Morgan fingerprint density at radius 3 is 2.75 bits per heavy atom. The van der Waals surface area contributed by atoms with E-state index in [0.29, 0.717) is 13.2 Å². The van der Waals surface area contributed by atoms with Crippen molar-refractivity contribution in [1.82, 2.24) is 4.90 Å². The molecule has 0 unspecified atom stereocenters. The van der Waals surface area contributed by atoms with Crippen molar-refractivity contribution >= 4 is 5.91 Å². The number of aliphatic hydroxyl groups excluding tert-OH is 1. The largest absolute Gasteiger partial charge is 0.396 e. The fraction of sp³-hybridized carbons (Fsp3) is 0.933. The molecule has 5 nitrogen and oxygen atoms in total. The summed E-state index contributed by atoms with van der Waals surface area (Å²) in [6, 6.07) is 0. The van der Waals surface area contributed by atoms with Gasteiger partial charge in [-0.15, -0.1) is 0 Å². The lowest BCUT2D eigenvalue weighted by molar-refractivity contribution is -0.140. The predicted molar refractivity (Wildman–Crippen MR) is 75.4 cm³/mol. The van der Waals surface area contributed by atoms with Gasteiger partial charge in [0.2, 0.25) is 5.91 Å². The molecule has 1 aliphatic carbocycles. The van der Waals surface area contributed by atoms with Crippen LogP contribution in [0.5, 0.6) is 0 Å². The lowest BCUT2D eigenvalue weighted by atomic mass is 9.69. The van der Waals surface area contributed by atoms with Gasteiger partial charge in [-0.1, -0.05) is 6.42 Å². The van der Waals surface area contributed by atoms with Gasteiger partial charge in [0.25, 0.3) is 0 Å². The molecule has 1 atom stereocenters. The van der Waals surface area contributed by atoms with Crippen LogP contribution >= 0.6 is 0 Å². The number of hydrogen-bond acceptors (Lipinski definition) is 4. The Bertz CT molecular complexity index is 305. The second-order valence-electron chi connectivity index (χ2n) is 6.27. The summed E-state index contributed by atoms with van der Waals surface area (Å²) in [6.07, 6.45) is 6.66. The first-order valence-electron chi connectivity index (χ1n) is 7.69. The number of amides is 1. The zero-order chi connectivity index (χ0) is 14.4. The van der Waals surface area contributed by atoms with Crippen LogP contribution in [0.4, 0.5) is 0 Å². The number of carbonyl (C=O) groups is 1. The standard InChI is InChI=1S/C15H27NO4/c1-16(11-15(12-17)6-4-7-15)14(18)10-19-9-13-5-2-3-8-20-13/h13,17H,2-12H2,1H3/t13-/m1/s1. The second kappa shape index (κ2) is 7.38. The summed E-state index contributed by atoms with van der Waals surface area (Å²) < 4.78 is 11.0. The summed E-state index contributed by atoms with van der Waals surface area (Å²) in [5.74, 6) is -0.0134. The van der Waals surface area contributed by atoms with Gasteiger partial charge in [-0.2, -0.15) is 0 Å². The third-order valence-corrected chi connectivity index (χ3v) is 4.55. The van der Waals surface area contributed by atoms with Crippen molar-refractivity contribution in [2.24, 2.45) is 5.41 Å². The smallest absolute Gasteiger partial charge is 0.248 e. The lowest BCUT2D eigenvalue weighted by Crippen LogP contribution is -2.46. The second-order valence-corrected chi connectivity index (χ2v) is 6.27. The molecule has 0 radical (unpaired) electrons. The van der Waals surface area contributed by atoms with Crippen molar-refractivity contribution in [3.05, 3.63) is 0 Å². The molecule has 5 heteroatoms. The van der Waals surface area contributed by atoms with Crippen LogP contribution in [-0.4, -0.2) is 62.0 Å². The fourth-order valence-corrected chi connectivity index (χ4v) is 2.96. The van der Waals surface area contributed by atoms with E-state index in [4.69, 9.17) is 9.47 Å². The average Bonchev–Trinajstić information content (AvgIpc) is 2.43. The number of likely N-dealkylation sites (N-methyl/N-ethyl adjacent to an activating group) is 1. The van der Waals surface area contributed by atoms with Crippen molar-refractivity contribution in [3.8, 4) is 0 Å². The number of carbonyl (C=O) groups excluding carboxylic acids is 1. The Morgan fingerprint density at radius 2 is 2.20 bits per heavy atom. The molecule has 116 valence electrons. The Balaban J connectivity index is 1.63. The molecule has 0 bridgehead atoms. The zero-order valence-corrected chi connectivity index (χ0v) is 12.5. The molecule has 1 saturated heterocycles. The molecular weight excluding hydrogens is 258 g/mol. The maximum absolute atomic E-state index is 12.0. The van der Waals surface area contributed by atoms with Gasteiger partial charge < -0.3 is 19.5 Å². The molecule has 1 N–H and O–H groups in total. The molecule has 20 heavy (non-hydrogen) atoms. The predicted octanol–water partition coefficient (Wildman–Crippen LogP) is 1.19. The quantitative estimate of drug-likeness (QED) is 0.763. The third kappa shape index (κ3) is 4.17. The molecule has 2 fully saturated rings. The van der Waals surface area contributed by atoms with E-state index >= 15 is 0 Å². The van der Waals surface area contributed by atoms with Crippen molar-refractivity contribution in [3.63, 3.8) is 0 Å². The van der Waals surface area contributed by atoms with Crippen molar-refractivity contribution in [1.29, 1.82) is 0 Å². The highest BCUT2D eigenvalue weighted by atomic mass is 16.5. The van der Waals surface area contributed by atoms with Crippen LogP contribution in [0, 0.1) is 5.41 Å². The summed E-state index contributed by atoms with van der Waals surface area (Å²) in [5.41, 5.74) is -0.0586. The van der Waals surface area contributed by atoms with Gasteiger partial charge in [0.15, 0.2) is 0 Å². The highest BCUT2D eigenvalue weighted by Gasteiger charge is 2.38. The summed E-state index contributed by atoms with van der Waals surface area (Å²) >= 11 is 0. The minimum atomic E-state index is -0.0586. The zero-order valence-electron chi connectivity index (χ0n) is 12.5. The topological polar surface area (TPSA) is 59.0 Å². The van der Waals surface area contributed by atoms with Gasteiger partial charge in [0, 0.05) is 25.6 Å². The molecule has 2 rings (SSSR count). The maximum Gasteiger partial charge on any atom is 0.248 e. The van der Waals surface area contributed by atoms with E-state index in [-0.39, 0.29) is 30.6 Å². The first kappa shape index (κ1) is 15.7. The van der Waals surface area contributed by atoms with Crippen molar-refractivity contribution in [2.75, 3.05) is 40.0 Å². The van der Waals surface area contributed by atoms with E-state index < -0.39 is 0 Å². The Hall–Kier alpha value is -0.650. The molecule has 0 aromatic carbocycles. The average molecular weight is 285 g/mol. The van der Waals surface area contributed by atoms with Crippen LogP contribution < -0.4 is 0 Å². The van der Waals surface area contributed by atoms with Gasteiger partial charge in [0.1, 0.15) is 6.61 Å². The number of rotatable bonds is 7. The maximum atomic E-state index is 12.0. The summed E-state index contributed by atoms with van der Waals surface area (Å²) in [7, 11) is 1.79.